The first-order chi connectivity index (χ1) is 16.9. The molecule has 0 N–H and O–H groups in total. The Balaban J connectivity index is 1.71. The van der Waals surface area contributed by atoms with Crippen LogP contribution in [0.4, 0.5) is 4.39 Å². The second-order valence-corrected chi connectivity index (χ2v) is 9.74. The lowest BCUT2D eigenvalue weighted by Crippen LogP contribution is -2.57. The first kappa shape index (κ1) is 25.0. The Kier molecular flexibility index (Phi) is 7.93. The number of hydrogen-bond acceptors (Lipinski definition) is 4. The molecule has 7 heteroatoms. The van der Waals surface area contributed by atoms with Crippen LogP contribution in [0.15, 0.2) is 42.5 Å². The minimum absolute atomic E-state index is 0.0339. The third-order valence-corrected chi connectivity index (χ3v) is 6.85. The molecule has 0 radical (unpaired) electrons. The highest BCUT2D eigenvalue weighted by atomic mass is 19.1. The van der Waals surface area contributed by atoms with Crippen LogP contribution in [0.25, 0.3) is 0 Å². The van der Waals surface area contributed by atoms with E-state index in [1.54, 1.807) is 41.2 Å². The molecule has 1 saturated carbocycles. The van der Waals surface area contributed by atoms with E-state index in [1.165, 1.54) is 25.0 Å². The number of nitrogens with zero attached hydrogens (tertiary/aromatic N) is 2. The van der Waals surface area contributed by atoms with E-state index in [0.29, 0.717) is 17.1 Å². The van der Waals surface area contributed by atoms with Crippen molar-refractivity contribution in [2.75, 3.05) is 13.7 Å². The summed E-state index contributed by atoms with van der Waals surface area (Å²) >= 11 is 0. The smallest absolute Gasteiger partial charge is 0.250 e. The number of rotatable bonds is 7. The Morgan fingerprint density at radius 3 is 2.29 bits per heavy atom. The molecule has 2 aromatic rings. The highest BCUT2D eigenvalue weighted by molar-refractivity contribution is 5.96. The molecule has 1 aliphatic carbocycles. The molecule has 1 saturated heterocycles. The van der Waals surface area contributed by atoms with E-state index < -0.39 is 6.04 Å². The van der Waals surface area contributed by atoms with Crippen molar-refractivity contribution in [3.63, 3.8) is 0 Å². The fourth-order valence-corrected chi connectivity index (χ4v) is 5.12. The van der Waals surface area contributed by atoms with Crippen LogP contribution in [-0.2, 0) is 16.1 Å². The molecular formula is C28H35FN2O4. The largest absolute Gasteiger partial charge is 0.493 e. The van der Waals surface area contributed by atoms with E-state index in [1.807, 2.05) is 19.9 Å². The molecule has 4 rings (SSSR count). The number of amides is 2. The van der Waals surface area contributed by atoms with Crippen LogP contribution < -0.4 is 9.47 Å². The quantitative estimate of drug-likeness (QED) is 0.506. The number of halogens is 1. The summed E-state index contributed by atoms with van der Waals surface area (Å²) in [5.74, 6) is 0.593. The zero-order valence-electron chi connectivity index (χ0n) is 20.8. The molecule has 0 aromatic heterocycles. The Hall–Kier alpha value is -3.09. The van der Waals surface area contributed by atoms with E-state index >= 15 is 0 Å². The van der Waals surface area contributed by atoms with Gasteiger partial charge in [0.15, 0.2) is 11.5 Å². The van der Waals surface area contributed by atoms with Crippen LogP contribution >= 0.6 is 0 Å². The van der Waals surface area contributed by atoms with Gasteiger partial charge in [-0.3, -0.25) is 9.59 Å². The van der Waals surface area contributed by atoms with E-state index in [2.05, 4.69) is 0 Å². The number of carbonyl (C=O) groups is 2. The van der Waals surface area contributed by atoms with Gasteiger partial charge in [-0.05, 0) is 62.1 Å². The van der Waals surface area contributed by atoms with Crippen molar-refractivity contribution in [1.82, 2.24) is 9.80 Å². The van der Waals surface area contributed by atoms with Gasteiger partial charge in [0, 0.05) is 12.6 Å². The standard InChI is InChI=1S/C28H35FN2O4/c1-19(2)35-24-15-12-21(16-25(24)34-3)27-28(33)30(23-8-6-4-5-7-9-23)18-26(32)31(27)17-20-10-13-22(29)14-11-20/h10-16,19,23,27H,4-9,17-18H2,1-3H3/t27-/m1/s1. The molecule has 1 aliphatic heterocycles. The number of hydrogen-bond donors (Lipinski definition) is 0. The summed E-state index contributed by atoms with van der Waals surface area (Å²) in [6.07, 6.45) is 6.29. The lowest BCUT2D eigenvalue weighted by atomic mass is 9.96. The maximum absolute atomic E-state index is 14.0. The highest BCUT2D eigenvalue weighted by Crippen LogP contribution is 2.37. The van der Waals surface area contributed by atoms with E-state index in [-0.39, 0.29) is 42.9 Å². The minimum atomic E-state index is -0.786. The summed E-state index contributed by atoms with van der Waals surface area (Å²) < 4.78 is 24.9. The van der Waals surface area contributed by atoms with Gasteiger partial charge < -0.3 is 19.3 Å². The van der Waals surface area contributed by atoms with Crippen molar-refractivity contribution in [2.24, 2.45) is 0 Å². The summed E-state index contributed by atoms with van der Waals surface area (Å²) in [4.78, 5) is 30.9. The second-order valence-electron chi connectivity index (χ2n) is 9.74. The molecular weight excluding hydrogens is 447 g/mol. The third-order valence-electron chi connectivity index (χ3n) is 6.85. The van der Waals surface area contributed by atoms with Gasteiger partial charge in [-0.2, -0.15) is 0 Å². The van der Waals surface area contributed by atoms with Gasteiger partial charge >= 0.3 is 0 Å². The number of piperazine rings is 1. The lowest BCUT2D eigenvalue weighted by Gasteiger charge is -2.43. The van der Waals surface area contributed by atoms with Crippen molar-refractivity contribution < 1.29 is 23.5 Å². The number of methoxy groups -OCH3 is 1. The van der Waals surface area contributed by atoms with Crippen LogP contribution in [0.5, 0.6) is 11.5 Å². The van der Waals surface area contributed by atoms with Crippen LogP contribution in [0.1, 0.15) is 69.5 Å². The SMILES string of the molecule is COc1cc([C@@H]2C(=O)N(C3CCCCCC3)CC(=O)N2Cc2ccc(F)cc2)ccc1OC(C)C. The first-order valence-electron chi connectivity index (χ1n) is 12.6. The van der Waals surface area contributed by atoms with Gasteiger partial charge in [0.1, 0.15) is 18.4 Å². The van der Waals surface area contributed by atoms with Crippen molar-refractivity contribution in [3.05, 3.63) is 59.4 Å². The third kappa shape index (κ3) is 5.77. The summed E-state index contributed by atoms with van der Waals surface area (Å²) in [7, 11) is 1.56. The van der Waals surface area contributed by atoms with Crippen molar-refractivity contribution in [3.8, 4) is 11.5 Å². The van der Waals surface area contributed by atoms with Crippen LogP contribution in [0.3, 0.4) is 0 Å². The molecule has 0 unspecified atom stereocenters. The minimum Gasteiger partial charge on any atom is -0.493 e. The maximum Gasteiger partial charge on any atom is 0.250 e. The van der Waals surface area contributed by atoms with E-state index in [9.17, 15) is 14.0 Å². The topological polar surface area (TPSA) is 59.1 Å². The van der Waals surface area contributed by atoms with Crippen LogP contribution in [0.2, 0.25) is 0 Å². The molecule has 6 nitrogen and oxygen atoms in total. The zero-order valence-corrected chi connectivity index (χ0v) is 20.8. The Morgan fingerprint density at radius 1 is 0.971 bits per heavy atom. The second kappa shape index (κ2) is 11.1. The van der Waals surface area contributed by atoms with Gasteiger partial charge in [-0.15, -0.1) is 0 Å². The molecule has 2 aliphatic rings. The molecule has 2 fully saturated rings. The van der Waals surface area contributed by atoms with E-state index in [0.717, 1.165) is 31.2 Å². The molecule has 188 valence electrons. The van der Waals surface area contributed by atoms with Crippen molar-refractivity contribution >= 4 is 11.8 Å². The number of ether oxygens (including phenoxy) is 2. The number of carbonyl (C=O) groups excluding carboxylic acids is 2. The molecule has 35 heavy (non-hydrogen) atoms. The van der Waals surface area contributed by atoms with Crippen molar-refractivity contribution in [2.45, 2.75) is 77.1 Å². The predicted molar refractivity (Wildman–Crippen MR) is 132 cm³/mol. The average Bonchev–Trinajstić information content (AvgIpc) is 3.12. The number of benzene rings is 2. The lowest BCUT2D eigenvalue weighted by molar-refractivity contribution is -0.159. The summed E-state index contributed by atoms with van der Waals surface area (Å²) in [6.45, 7) is 4.17. The Bertz CT molecular complexity index is 1030. The molecule has 0 bridgehead atoms. The van der Waals surface area contributed by atoms with Gasteiger partial charge in [-0.25, -0.2) is 4.39 Å². The Labute approximate surface area is 207 Å². The van der Waals surface area contributed by atoms with E-state index in [4.69, 9.17) is 9.47 Å². The zero-order chi connectivity index (χ0) is 24.9. The molecule has 2 amide bonds. The fraction of sp³-hybridized carbons (Fsp3) is 0.500. The Morgan fingerprint density at radius 2 is 1.66 bits per heavy atom. The van der Waals surface area contributed by atoms with Gasteiger partial charge in [0.2, 0.25) is 5.91 Å². The summed E-state index contributed by atoms with van der Waals surface area (Å²) in [5, 5.41) is 0. The monoisotopic (exact) mass is 482 g/mol. The molecule has 2 aromatic carbocycles. The maximum atomic E-state index is 14.0. The average molecular weight is 483 g/mol. The summed E-state index contributed by atoms with van der Waals surface area (Å²) in [5.41, 5.74) is 1.45. The van der Waals surface area contributed by atoms with Crippen LogP contribution in [-0.4, -0.2) is 47.4 Å². The summed E-state index contributed by atoms with van der Waals surface area (Å²) in [6, 6.07) is 10.8. The normalized spacial score (nSPS) is 19.7. The van der Waals surface area contributed by atoms with Gasteiger partial charge in [0.05, 0.1) is 13.2 Å². The van der Waals surface area contributed by atoms with Crippen molar-refractivity contribution in [1.29, 1.82) is 0 Å². The fourth-order valence-electron chi connectivity index (χ4n) is 5.12. The van der Waals surface area contributed by atoms with Gasteiger partial charge in [-0.1, -0.05) is 43.9 Å². The molecule has 0 spiro atoms. The molecule has 1 atom stereocenters. The predicted octanol–water partition coefficient (Wildman–Crippen LogP) is 5.26. The van der Waals surface area contributed by atoms with Crippen LogP contribution in [0, 0.1) is 5.82 Å². The molecule has 1 heterocycles. The highest BCUT2D eigenvalue weighted by Gasteiger charge is 2.43. The van der Waals surface area contributed by atoms with Gasteiger partial charge in [0.25, 0.3) is 5.91 Å². The first-order valence-corrected chi connectivity index (χ1v) is 12.6.